The van der Waals surface area contributed by atoms with Crippen LogP contribution in [0.15, 0.2) is 48.0 Å². The van der Waals surface area contributed by atoms with Gasteiger partial charge in [0.2, 0.25) is 5.91 Å². The van der Waals surface area contributed by atoms with E-state index in [0.29, 0.717) is 6.54 Å². The average molecular weight is 394 g/mol. The van der Waals surface area contributed by atoms with Crippen molar-refractivity contribution in [3.63, 3.8) is 0 Å². The molecule has 1 unspecified atom stereocenters. The van der Waals surface area contributed by atoms with Crippen molar-refractivity contribution in [1.82, 2.24) is 25.3 Å². The lowest BCUT2D eigenvalue weighted by Crippen LogP contribution is -2.49. The number of aromatic amines is 1. The first kappa shape index (κ1) is 17.6. The Balaban J connectivity index is 1.15. The van der Waals surface area contributed by atoms with E-state index in [1.165, 1.54) is 16.0 Å². The second kappa shape index (κ2) is 7.50. The number of piperazine rings is 1. The highest BCUT2D eigenvalue weighted by atomic mass is 32.1. The molecule has 1 aliphatic carbocycles. The Morgan fingerprint density at radius 3 is 2.71 bits per heavy atom. The monoisotopic (exact) mass is 393 g/mol. The smallest absolute Gasteiger partial charge is 0.234 e. The molecule has 0 spiro atoms. The molecule has 1 aliphatic heterocycles. The first-order valence-corrected chi connectivity index (χ1v) is 10.5. The standard InChI is InChI=1S/C21H23N5OS/c27-18(23-19-16-6-11-28-21(16)20-17(19)12-22-24-20)14-26-9-7-25(8-10-26)13-15-4-2-1-3-5-15/h1-6,11-12,19H,7-10,13-14H2,(H,22,24)(H,23,27). The number of H-pyrrole nitrogens is 1. The molecule has 2 N–H and O–H groups in total. The van der Waals surface area contributed by atoms with E-state index in [1.807, 2.05) is 6.20 Å². The van der Waals surface area contributed by atoms with Crippen LogP contribution in [-0.4, -0.2) is 58.6 Å². The number of amides is 1. The number of aromatic nitrogens is 2. The molecule has 0 saturated carbocycles. The second-order valence-corrected chi connectivity index (χ2v) is 8.36. The highest BCUT2D eigenvalue weighted by Gasteiger charge is 2.33. The van der Waals surface area contributed by atoms with Gasteiger partial charge < -0.3 is 5.32 Å². The second-order valence-electron chi connectivity index (χ2n) is 7.44. The largest absolute Gasteiger partial charge is 0.344 e. The van der Waals surface area contributed by atoms with Crippen molar-refractivity contribution in [2.45, 2.75) is 12.6 Å². The molecule has 1 fully saturated rings. The Morgan fingerprint density at radius 2 is 1.89 bits per heavy atom. The number of benzene rings is 1. The van der Waals surface area contributed by atoms with Crippen LogP contribution in [0.25, 0.3) is 10.6 Å². The van der Waals surface area contributed by atoms with Crippen molar-refractivity contribution in [2.75, 3.05) is 32.7 Å². The van der Waals surface area contributed by atoms with E-state index in [4.69, 9.17) is 0 Å². The summed E-state index contributed by atoms with van der Waals surface area (Å²) in [5.41, 5.74) is 4.64. The Hall–Kier alpha value is -2.48. The number of thiophene rings is 1. The zero-order valence-electron chi connectivity index (χ0n) is 15.6. The molecule has 3 aromatic rings. The van der Waals surface area contributed by atoms with Gasteiger partial charge in [0, 0.05) is 38.3 Å². The van der Waals surface area contributed by atoms with Crippen LogP contribution in [0.4, 0.5) is 0 Å². The zero-order chi connectivity index (χ0) is 18.9. The summed E-state index contributed by atoms with van der Waals surface area (Å²) in [6.45, 7) is 5.25. The molecule has 1 saturated heterocycles. The molecule has 2 aromatic heterocycles. The lowest BCUT2D eigenvalue weighted by atomic mass is 10.1. The number of fused-ring (bicyclic) bond motifs is 3. The van der Waals surface area contributed by atoms with Crippen molar-refractivity contribution in [2.24, 2.45) is 0 Å². The Labute approximate surface area is 168 Å². The Bertz CT molecular complexity index is 918. The fourth-order valence-electron chi connectivity index (χ4n) is 4.13. The summed E-state index contributed by atoms with van der Waals surface area (Å²) in [6.07, 6.45) is 1.83. The summed E-state index contributed by atoms with van der Waals surface area (Å²) in [7, 11) is 0. The van der Waals surface area contributed by atoms with Gasteiger partial charge in [-0.3, -0.25) is 19.7 Å². The number of nitrogens with zero attached hydrogens (tertiary/aromatic N) is 3. The number of hydrogen-bond donors (Lipinski definition) is 2. The number of carbonyl (C=O) groups is 1. The van der Waals surface area contributed by atoms with E-state index >= 15 is 0 Å². The van der Waals surface area contributed by atoms with Gasteiger partial charge in [-0.05, 0) is 22.6 Å². The average Bonchev–Trinajstić information content (AvgIpc) is 3.41. The molecule has 7 heteroatoms. The SMILES string of the molecule is O=C(CN1CCN(Cc2ccccc2)CC1)NC1c2cn[nH]c2-c2sccc21. The van der Waals surface area contributed by atoms with E-state index in [1.54, 1.807) is 11.3 Å². The molecule has 2 aliphatic rings. The van der Waals surface area contributed by atoms with E-state index < -0.39 is 0 Å². The van der Waals surface area contributed by atoms with Crippen molar-refractivity contribution in [3.8, 4) is 10.6 Å². The fraction of sp³-hybridized carbons (Fsp3) is 0.333. The fourth-order valence-corrected chi connectivity index (χ4v) is 5.08. The van der Waals surface area contributed by atoms with Crippen LogP contribution in [0.3, 0.4) is 0 Å². The summed E-state index contributed by atoms with van der Waals surface area (Å²) < 4.78 is 0. The quantitative estimate of drug-likeness (QED) is 0.699. The summed E-state index contributed by atoms with van der Waals surface area (Å²) in [4.78, 5) is 18.6. The highest BCUT2D eigenvalue weighted by molar-refractivity contribution is 7.13. The number of nitrogens with one attached hydrogen (secondary N) is 2. The maximum Gasteiger partial charge on any atom is 0.234 e. The summed E-state index contributed by atoms with van der Waals surface area (Å²) >= 11 is 1.69. The third-order valence-electron chi connectivity index (χ3n) is 5.60. The molecular formula is C21H23N5OS. The van der Waals surface area contributed by atoms with Crippen LogP contribution in [0.1, 0.15) is 22.7 Å². The minimum Gasteiger partial charge on any atom is -0.344 e. The Kier molecular flexibility index (Phi) is 4.72. The summed E-state index contributed by atoms with van der Waals surface area (Å²) in [5.74, 6) is 0.0766. The van der Waals surface area contributed by atoms with Crippen molar-refractivity contribution < 1.29 is 4.79 Å². The molecule has 28 heavy (non-hydrogen) atoms. The lowest BCUT2D eigenvalue weighted by molar-refractivity contribution is -0.123. The van der Waals surface area contributed by atoms with Crippen LogP contribution in [-0.2, 0) is 11.3 Å². The summed E-state index contributed by atoms with van der Waals surface area (Å²) in [5, 5.41) is 12.5. The molecule has 1 aromatic carbocycles. The van der Waals surface area contributed by atoms with Gasteiger partial charge in [0.15, 0.2) is 0 Å². The van der Waals surface area contributed by atoms with E-state index in [2.05, 4.69) is 67.1 Å². The number of rotatable bonds is 5. The van der Waals surface area contributed by atoms with Gasteiger partial charge in [-0.25, -0.2) is 0 Å². The molecule has 0 bridgehead atoms. The van der Waals surface area contributed by atoms with Gasteiger partial charge in [0.05, 0.1) is 29.4 Å². The predicted molar refractivity (Wildman–Crippen MR) is 110 cm³/mol. The van der Waals surface area contributed by atoms with Gasteiger partial charge in [-0.2, -0.15) is 5.10 Å². The normalized spacial score (nSPS) is 19.4. The van der Waals surface area contributed by atoms with Crippen LogP contribution in [0, 0.1) is 0 Å². The van der Waals surface area contributed by atoms with Crippen LogP contribution in [0.2, 0.25) is 0 Å². The third-order valence-corrected chi connectivity index (χ3v) is 6.55. The molecule has 1 atom stereocenters. The van der Waals surface area contributed by atoms with Crippen molar-refractivity contribution in [1.29, 1.82) is 0 Å². The van der Waals surface area contributed by atoms with Gasteiger partial charge in [0.25, 0.3) is 0 Å². The van der Waals surface area contributed by atoms with E-state index in [-0.39, 0.29) is 11.9 Å². The van der Waals surface area contributed by atoms with Gasteiger partial charge in [-0.15, -0.1) is 11.3 Å². The van der Waals surface area contributed by atoms with E-state index in [0.717, 1.165) is 44.0 Å². The van der Waals surface area contributed by atoms with Crippen LogP contribution >= 0.6 is 11.3 Å². The first-order valence-electron chi connectivity index (χ1n) is 9.67. The predicted octanol–water partition coefficient (Wildman–Crippen LogP) is 2.48. The van der Waals surface area contributed by atoms with Gasteiger partial charge in [0.1, 0.15) is 0 Å². The molecule has 0 radical (unpaired) electrons. The van der Waals surface area contributed by atoms with Crippen LogP contribution < -0.4 is 5.32 Å². The van der Waals surface area contributed by atoms with E-state index in [9.17, 15) is 4.79 Å². The van der Waals surface area contributed by atoms with Crippen LogP contribution in [0.5, 0.6) is 0 Å². The molecule has 6 nitrogen and oxygen atoms in total. The zero-order valence-corrected chi connectivity index (χ0v) is 16.4. The molecule has 5 rings (SSSR count). The lowest BCUT2D eigenvalue weighted by Gasteiger charge is -2.34. The maximum atomic E-state index is 12.7. The number of carbonyl (C=O) groups excluding carboxylic acids is 1. The highest BCUT2D eigenvalue weighted by Crippen LogP contribution is 2.45. The molecular weight excluding hydrogens is 370 g/mol. The molecule has 3 heterocycles. The third kappa shape index (κ3) is 3.37. The van der Waals surface area contributed by atoms with Crippen molar-refractivity contribution >= 4 is 17.2 Å². The molecule has 144 valence electrons. The minimum atomic E-state index is -0.0816. The number of hydrogen-bond acceptors (Lipinski definition) is 5. The molecule has 1 amide bonds. The van der Waals surface area contributed by atoms with Gasteiger partial charge in [-0.1, -0.05) is 30.3 Å². The topological polar surface area (TPSA) is 64.3 Å². The Morgan fingerprint density at radius 1 is 1.11 bits per heavy atom. The van der Waals surface area contributed by atoms with Gasteiger partial charge >= 0.3 is 0 Å². The minimum absolute atomic E-state index is 0.0766. The van der Waals surface area contributed by atoms with Crippen molar-refractivity contribution in [3.05, 3.63) is 64.7 Å². The maximum absolute atomic E-state index is 12.7. The summed E-state index contributed by atoms with van der Waals surface area (Å²) in [6, 6.07) is 12.6. The first-order chi connectivity index (χ1) is 13.8.